The highest BCUT2D eigenvalue weighted by Gasteiger charge is 2.23. The van der Waals surface area contributed by atoms with E-state index in [0.717, 1.165) is 18.1 Å². The molecule has 0 amide bonds. The number of aliphatic hydroxyl groups excluding tert-OH is 1. The minimum atomic E-state index is -0.0197. The normalized spacial score (nSPS) is 17.2. The largest absolute Gasteiger partial charge is 0.390 e. The van der Waals surface area contributed by atoms with Gasteiger partial charge in [0.25, 0.3) is 0 Å². The lowest BCUT2D eigenvalue weighted by atomic mass is 10.2. The lowest BCUT2D eigenvalue weighted by molar-refractivity contribution is 0.265. The second-order valence-corrected chi connectivity index (χ2v) is 3.09. The van der Waals surface area contributed by atoms with E-state index in [1.807, 2.05) is 6.07 Å². The molecule has 1 heterocycles. The van der Waals surface area contributed by atoms with E-state index >= 15 is 0 Å². The molecule has 3 nitrogen and oxygen atoms in total. The molecule has 3 heteroatoms. The van der Waals surface area contributed by atoms with Crippen LogP contribution in [0.5, 0.6) is 0 Å². The standard InChI is InChI=1S/C8H11NO2/c10-5-7-4-8(11-9-7)3-6-1-2-6/h4,6,10H,1-3,5H2. The Balaban J connectivity index is 1.99. The fraction of sp³-hybridized carbons (Fsp3) is 0.625. The van der Waals surface area contributed by atoms with E-state index in [-0.39, 0.29) is 6.61 Å². The van der Waals surface area contributed by atoms with Crippen molar-refractivity contribution in [1.82, 2.24) is 5.16 Å². The number of aliphatic hydroxyl groups is 1. The molecule has 1 aromatic heterocycles. The SMILES string of the molecule is OCc1cc(CC2CC2)on1. The summed E-state index contributed by atoms with van der Waals surface area (Å²) < 4.78 is 5.00. The molecule has 1 saturated carbocycles. The van der Waals surface area contributed by atoms with Crippen molar-refractivity contribution in [2.75, 3.05) is 0 Å². The second-order valence-electron chi connectivity index (χ2n) is 3.09. The van der Waals surface area contributed by atoms with Crippen LogP contribution < -0.4 is 0 Å². The van der Waals surface area contributed by atoms with Crippen LogP contribution >= 0.6 is 0 Å². The van der Waals surface area contributed by atoms with Crippen molar-refractivity contribution in [3.05, 3.63) is 17.5 Å². The summed E-state index contributed by atoms with van der Waals surface area (Å²) in [4.78, 5) is 0. The first kappa shape index (κ1) is 6.85. The molecule has 2 rings (SSSR count). The van der Waals surface area contributed by atoms with Crippen molar-refractivity contribution in [2.24, 2.45) is 5.92 Å². The van der Waals surface area contributed by atoms with Gasteiger partial charge >= 0.3 is 0 Å². The summed E-state index contributed by atoms with van der Waals surface area (Å²) in [5, 5.41) is 12.4. The molecule has 1 fully saturated rings. The second kappa shape index (κ2) is 2.66. The molecule has 0 saturated heterocycles. The van der Waals surface area contributed by atoms with Gasteiger partial charge < -0.3 is 9.63 Å². The van der Waals surface area contributed by atoms with Gasteiger partial charge in [0.05, 0.1) is 6.61 Å². The zero-order valence-electron chi connectivity index (χ0n) is 6.29. The fourth-order valence-corrected chi connectivity index (χ4v) is 1.13. The van der Waals surface area contributed by atoms with Crippen molar-refractivity contribution >= 4 is 0 Å². The predicted molar refractivity (Wildman–Crippen MR) is 38.9 cm³/mol. The van der Waals surface area contributed by atoms with Crippen molar-refractivity contribution < 1.29 is 9.63 Å². The highest BCUT2D eigenvalue weighted by molar-refractivity contribution is 5.06. The first-order valence-corrected chi connectivity index (χ1v) is 3.94. The molecule has 11 heavy (non-hydrogen) atoms. The Kier molecular flexibility index (Phi) is 1.66. The highest BCUT2D eigenvalue weighted by atomic mass is 16.5. The maximum Gasteiger partial charge on any atom is 0.137 e. The summed E-state index contributed by atoms with van der Waals surface area (Å²) in [6.45, 7) is -0.0197. The van der Waals surface area contributed by atoms with Crippen LogP contribution in [0, 0.1) is 5.92 Å². The van der Waals surface area contributed by atoms with Crippen LogP contribution in [0.25, 0.3) is 0 Å². The average molecular weight is 153 g/mol. The van der Waals surface area contributed by atoms with Gasteiger partial charge in [0.2, 0.25) is 0 Å². The summed E-state index contributed by atoms with van der Waals surface area (Å²) in [7, 11) is 0. The maximum atomic E-state index is 8.68. The van der Waals surface area contributed by atoms with Gasteiger partial charge in [-0.05, 0) is 18.8 Å². The topological polar surface area (TPSA) is 46.3 Å². The molecular formula is C8H11NO2. The fourth-order valence-electron chi connectivity index (χ4n) is 1.13. The van der Waals surface area contributed by atoms with Crippen LogP contribution in [-0.2, 0) is 13.0 Å². The zero-order valence-corrected chi connectivity index (χ0v) is 6.29. The Hall–Kier alpha value is -0.830. The van der Waals surface area contributed by atoms with Crippen molar-refractivity contribution in [3.8, 4) is 0 Å². The monoisotopic (exact) mass is 153 g/mol. The van der Waals surface area contributed by atoms with Crippen LogP contribution in [0.4, 0.5) is 0 Å². The van der Waals surface area contributed by atoms with E-state index in [0.29, 0.717) is 5.69 Å². The minimum Gasteiger partial charge on any atom is -0.390 e. The summed E-state index contributed by atoms with van der Waals surface area (Å²) in [5.41, 5.74) is 0.639. The molecule has 1 aromatic rings. The van der Waals surface area contributed by atoms with Crippen molar-refractivity contribution in [3.63, 3.8) is 0 Å². The van der Waals surface area contributed by atoms with Gasteiger partial charge in [-0.15, -0.1) is 0 Å². The van der Waals surface area contributed by atoms with Gasteiger partial charge in [-0.25, -0.2) is 0 Å². The first-order chi connectivity index (χ1) is 5.38. The molecule has 0 bridgehead atoms. The molecule has 1 N–H and O–H groups in total. The number of aromatic nitrogens is 1. The minimum absolute atomic E-state index is 0.0197. The quantitative estimate of drug-likeness (QED) is 0.707. The molecule has 1 aliphatic rings. The summed E-state index contributed by atoms with van der Waals surface area (Å²) in [5.74, 6) is 1.73. The van der Waals surface area contributed by atoms with Crippen LogP contribution in [0.15, 0.2) is 10.6 Å². The number of rotatable bonds is 3. The highest BCUT2D eigenvalue weighted by Crippen LogP contribution is 2.32. The number of nitrogens with zero attached hydrogens (tertiary/aromatic N) is 1. The molecule has 0 aromatic carbocycles. The summed E-state index contributed by atoms with van der Waals surface area (Å²) >= 11 is 0. The molecular weight excluding hydrogens is 142 g/mol. The Morgan fingerprint density at radius 2 is 2.45 bits per heavy atom. The van der Waals surface area contributed by atoms with Crippen LogP contribution in [0.1, 0.15) is 24.3 Å². The number of hydrogen-bond acceptors (Lipinski definition) is 3. The van der Waals surface area contributed by atoms with E-state index in [4.69, 9.17) is 9.63 Å². The molecule has 60 valence electrons. The van der Waals surface area contributed by atoms with Gasteiger partial charge in [-0.2, -0.15) is 0 Å². The smallest absolute Gasteiger partial charge is 0.137 e. The summed E-state index contributed by atoms with van der Waals surface area (Å²) in [6, 6.07) is 1.83. The zero-order chi connectivity index (χ0) is 7.68. The Bertz CT molecular complexity index is 240. The van der Waals surface area contributed by atoms with Crippen molar-refractivity contribution in [1.29, 1.82) is 0 Å². The predicted octanol–water partition coefficient (Wildman–Crippen LogP) is 1.12. The lowest BCUT2D eigenvalue weighted by Crippen LogP contribution is -1.82. The Labute approximate surface area is 65.0 Å². The lowest BCUT2D eigenvalue weighted by Gasteiger charge is -1.86. The van der Waals surface area contributed by atoms with Crippen LogP contribution in [-0.4, -0.2) is 10.3 Å². The molecule has 0 aliphatic heterocycles. The molecule has 1 aliphatic carbocycles. The third-order valence-corrected chi connectivity index (χ3v) is 1.96. The van der Waals surface area contributed by atoms with E-state index in [1.54, 1.807) is 0 Å². The van der Waals surface area contributed by atoms with E-state index in [2.05, 4.69) is 5.16 Å². The molecule has 0 spiro atoms. The van der Waals surface area contributed by atoms with Crippen LogP contribution in [0.3, 0.4) is 0 Å². The first-order valence-electron chi connectivity index (χ1n) is 3.94. The Morgan fingerprint density at radius 3 is 3.00 bits per heavy atom. The van der Waals surface area contributed by atoms with Gasteiger partial charge in [-0.3, -0.25) is 0 Å². The van der Waals surface area contributed by atoms with Gasteiger partial charge in [0.15, 0.2) is 0 Å². The Morgan fingerprint density at radius 1 is 1.64 bits per heavy atom. The number of hydrogen-bond donors (Lipinski definition) is 1. The third-order valence-electron chi connectivity index (χ3n) is 1.96. The van der Waals surface area contributed by atoms with Gasteiger partial charge in [0, 0.05) is 12.5 Å². The molecule has 0 radical (unpaired) electrons. The van der Waals surface area contributed by atoms with E-state index in [9.17, 15) is 0 Å². The third kappa shape index (κ3) is 1.60. The average Bonchev–Trinajstić information content (AvgIpc) is 2.68. The van der Waals surface area contributed by atoms with E-state index < -0.39 is 0 Å². The van der Waals surface area contributed by atoms with Gasteiger partial charge in [0.1, 0.15) is 11.5 Å². The summed E-state index contributed by atoms with van der Waals surface area (Å²) in [6.07, 6.45) is 3.62. The molecule has 0 atom stereocenters. The molecule has 0 unspecified atom stereocenters. The van der Waals surface area contributed by atoms with Gasteiger partial charge in [-0.1, -0.05) is 5.16 Å². The maximum absolute atomic E-state index is 8.68. The van der Waals surface area contributed by atoms with Crippen molar-refractivity contribution in [2.45, 2.75) is 25.9 Å². The van der Waals surface area contributed by atoms with Crippen LogP contribution in [0.2, 0.25) is 0 Å². The van der Waals surface area contributed by atoms with E-state index in [1.165, 1.54) is 12.8 Å².